The number of thiol groups is 1. The number of hydrogen-bond donors (Lipinski definition) is 1. The van der Waals surface area contributed by atoms with Crippen LogP contribution >= 0.6 is 12.6 Å². The average Bonchev–Trinajstić information content (AvgIpc) is 2.78. The Morgan fingerprint density at radius 3 is 3.06 bits per heavy atom. The first kappa shape index (κ1) is 12.6. The Labute approximate surface area is 107 Å². The topological polar surface area (TPSA) is 91.4 Å². The van der Waals surface area contributed by atoms with Crippen LogP contribution in [0.3, 0.4) is 0 Å². The van der Waals surface area contributed by atoms with Gasteiger partial charge in [0.2, 0.25) is 0 Å². The molecule has 0 aromatic carbocycles. The van der Waals surface area contributed by atoms with Gasteiger partial charge in [-0.05, 0) is 12.2 Å². The molecule has 0 atom stereocenters. The van der Waals surface area contributed by atoms with Crippen LogP contribution in [0.2, 0.25) is 0 Å². The quantitative estimate of drug-likeness (QED) is 0.448. The number of carbonyl (C=O) groups excluding carboxylic acids is 1. The zero-order chi connectivity index (χ0) is 13.1. The highest BCUT2D eigenvalue weighted by Gasteiger charge is 2.18. The Bertz CT molecular complexity index is 635. The van der Waals surface area contributed by atoms with Gasteiger partial charge >= 0.3 is 11.7 Å². The minimum Gasteiger partial charge on any atom is -0.461 e. The summed E-state index contributed by atoms with van der Waals surface area (Å²) in [5.74, 6) is -0.000714. The van der Waals surface area contributed by atoms with E-state index in [9.17, 15) is 9.59 Å². The summed E-state index contributed by atoms with van der Waals surface area (Å²) < 4.78 is 7.15. The number of nitrogens with zero attached hydrogens (tertiary/aromatic N) is 5. The van der Waals surface area contributed by atoms with Gasteiger partial charge in [-0.2, -0.15) is 17.3 Å². The van der Waals surface area contributed by atoms with Gasteiger partial charge in [0.05, 0.1) is 6.61 Å². The number of aryl methyl sites for hydroxylation is 1. The lowest BCUT2D eigenvalue weighted by Gasteiger charge is -2.01. The maximum atomic E-state index is 11.7. The fourth-order valence-corrected chi connectivity index (χ4v) is 1.45. The minimum atomic E-state index is -0.623. The summed E-state index contributed by atoms with van der Waals surface area (Å²) in [5.41, 5.74) is -0.352. The number of hydrogen-bond acceptors (Lipinski definition) is 7. The average molecular weight is 269 g/mol. The van der Waals surface area contributed by atoms with E-state index in [2.05, 4.69) is 27.9 Å². The van der Waals surface area contributed by atoms with Crippen LogP contribution in [0, 0.1) is 0 Å². The number of carbonyl (C=O) groups is 1. The molecule has 0 aliphatic carbocycles. The molecule has 2 rings (SSSR count). The highest BCUT2D eigenvalue weighted by Crippen LogP contribution is 2.05. The first-order valence-corrected chi connectivity index (χ1v) is 5.83. The molecule has 9 heteroatoms. The molecule has 0 radical (unpaired) electrons. The summed E-state index contributed by atoms with van der Waals surface area (Å²) in [6.45, 7) is 0.250. The summed E-state index contributed by atoms with van der Waals surface area (Å²) in [6, 6.07) is 0. The molecule has 0 aliphatic rings. The van der Waals surface area contributed by atoms with Crippen LogP contribution in [0.4, 0.5) is 0 Å². The Morgan fingerprint density at radius 1 is 1.56 bits per heavy atom. The predicted molar refractivity (Wildman–Crippen MR) is 64.8 cm³/mol. The number of aromatic nitrogens is 5. The monoisotopic (exact) mass is 269 g/mol. The zero-order valence-electron chi connectivity index (χ0n) is 9.61. The lowest BCUT2D eigenvalue weighted by atomic mass is 10.4. The summed E-state index contributed by atoms with van der Waals surface area (Å²) in [4.78, 5) is 27.2. The van der Waals surface area contributed by atoms with Crippen LogP contribution in [0.1, 0.15) is 16.9 Å². The fourth-order valence-electron chi connectivity index (χ4n) is 1.32. The number of imidazole rings is 1. The third-order valence-corrected chi connectivity index (χ3v) is 2.54. The smallest absolute Gasteiger partial charge is 0.360 e. The third-order valence-electron chi connectivity index (χ3n) is 2.23. The maximum absolute atomic E-state index is 11.7. The molecule has 0 spiro atoms. The van der Waals surface area contributed by atoms with Crippen LogP contribution in [-0.2, 0) is 11.8 Å². The van der Waals surface area contributed by atoms with E-state index in [1.807, 2.05) is 0 Å². The lowest BCUT2D eigenvalue weighted by Crippen LogP contribution is -2.27. The Hall–Kier alpha value is -1.90. The van der Waals surface area contributed by atoms with Crippen molar-refractivity contribution in [2.75, 3.05) is 12.4 Å². The number of ether oxygens (including phenoxy) is 1. The molecule has 2 aromatic rings. The molecule has 0 bridgehead atoms. The molecule has 2 aromatic heterocycles. The SMILES string of the molecule is Cn1nnc2c(C(=O)OCCCS)ncn2c1=O. The second-order valence-electron chi connectivity index (χ2n) is 3.50. The van der Waals surface area contributed by atoms with Gasteiger partial charge in [-0.25, -0.2) is 19.0 Å². The van der Waals surface area contributed by atoms with Crippen molar-refractivity contribution in [2.45, 2.75) is 6.42 Å². The first-order chi connectivity index (χ1) is 8.65. The first-order valence-electron chi connectivity index (χ1n) is 5.20. The Morgan fingerprint density at radius 2 is 2.33 bits per heavy atom. The molecular weight excluding hydrogens is 258 g/mol. The molecule has 96 valence electrons. The normalized spacial score (nSPS) is 10.8. The van der Waals surface area contributed by atoms with Crippen molar-refractivity contribution in [3.8, 4) is 0 Å². The van der Waals surface area contributed by atoms with Crippen LogP contribution in [0.5, 0.6) is 0 Å². The largest absolute Gasteiger partial charge is 0.461 e. The van der Waals surface area contributed by atoms with Crippen LogP contribution in [0.25, 0.3) is 5.65 Å². The van der Waals surface area contributed by atoms with Crippen LogP contribution in [-0.4, -0.2) is 42.7 Å². The van der Waals surface area contributed by atoms with Gasteiger partial charge in [0, 0.05) is 7.05 Å². The summed E-state index contributed by atoms with van der Waals surface area (Å²) in [7, 11) is 1.46. The van der Waals surface area contributed by atoms with Crippen molar-refractivity contribution in [3.05, 3.63) is 22.5 Å². The van der Waals surface area contributed by atoms with Crippen LogP contribution in [0.15, 0.2) is 11.1 Å². The van der Waals surface area contributed by atoms with E-state index in [0.29, 0.717) is 12.2 Å². The maximum Gasteiger partial charge on any atom is 0.360 e. The molecule has 0 saturated carbocycles. The fraction of sp³-hybridized carbons (Fsp3) is 0.444. The molecule has 0 fully saturated rings. The van der Waals surface area contributed by atoms with Crippen molar-refractivity contribution in [3.63, 3.8) is 0 Å². The molecule has 0 unspecified atom stereocenters. The summed E-state index contributed by atoms with van der Waals surface area (Å²) in [6.07, 6.45) is 1.87. The molecule has 0 aliphatic heterocycles. The highest BCUT2D eigenvalue weighted by atomic mass is 32.1. The molecule has 2 heterocycles. The van der Waals surface area contributed by atoms with Gasteiger partial charge in [-0.3, -0.25) is 0 Å². The second-order valence-corrected chi connectivity index (χ2v) is 3.94. The van der Waals surface area contributed by atoms with E-state index in [-0.39, 0.29) is 17.9 Å². The van der Waals surface area contributed by atoms with Gasteiger partial charge < -0.3 is 4.74 Å². The summed E-state index contributed by atoms with van der Waals surface area (Å²) >= 11 is 4.00. The van der Waals surface area contributed by atoms with Gasteiger partial charge in [0.15, 0.2) is 11.3 Å². The van der Waals surface area contributed by atoms with Gasteiger partial charge in [-0.15, -0.1) is 5.10 Å². The van der Waals surface area contributed by atoms with E-state index in [1.54, 1.807) is 0 Å². The van der Waals surface area contributed by atoms with Gasteiger partial charge in [-0.1, -0.05) is 5.21 Å². The van der Waals surface area contributed by atoms with Crippen molar-refractivity contribution in [1.82, 2.24) is 24.4 Å². The Kier molecular flexibility index (Phi) is 3.60. The van der Waals surface area contributed by atoms with Crippen molar-refractivity contribution < 1.29 is 9.53 Å². The number of esters is 1. The lowest BCUT2D eigenvalue weighted by molar-refractivity contribution is 0.0502. The van der Waals surface area contributed by atoms with E-state index in [0.717, 1.165) is 9.08 Å². The van der Waals surface area contributed by atoms with Crippen LogP contribution < -0.4 is 5.69 Å². The number of rotatable bonds is 4. The standard InChI is InChI=1S/C9H11N5O3S/c1-13-9(16)14-5-10-6(7(14)11-12-13)8(15)17-3-2-4-18/h5,18H,2-4H2,1H3. The molecule has 0 amide bonds. The van der Waals surface area contributed by atoms with Crippen molar-refractivity contribution in [1.29, 1.82) is 0 Å². The van der Waals surface area contributed by atoms with E-state index in [4.69, 9.17) is 4.74 Å². The van der Waals surface area contributed by atoms with E-state index in [1.165, 1.54) is 13.4 Å². The molecular formula is C9H11N5O3S. The zero-order valence-corrected chi connectivity index (χ0v) is 10.5. The Balaban J connectivity index is 2.32. The minimum absolute atomic E-state index is 0.0145. The molecule has 0 saturated heterocycles. The van der Waals surface area contributed by atoms with Crippen molar-refractivity contribution in [2.24, 2.45) is 7.05 Å². The molecule has 8 nitrogen and oxygen atoms in total. The van der Waals surface area contributed by atoms with E-state index < -0.39 is 11.7 Å². The van der Waals surface area contributed by atoms with Crippen molar-refractivity contribution >= 4 is 24.2 Å². The second kappa shape index (κ2) is 5.17. The number of fused-ring (bicyclic) bond motifs is 1. The third kappa shape index (κ3) is 2.21. The van der Waals surface area contributed by atoms with Gasteiger partial charge in [0.1, 0.15) is 6.33 Å². The highest BCUT2D eigenvalue weighted by molar-refractivity contribution is 7.80. The molecule has 0 N–H and O–H groups in total. The van der Waals surface area contributed by atoms with E-state index >= 15 is 0 Å². The summed E-state index contributed by atoms with van der Waals surface area (Å²) in [5, 5.41) is 7.34. The molecule has 18 heavy (non-hydrogen) atoms. The van der Waals surface area contributed by atoms with Gasteiger partial charge in [0.25, 0.3) is 0 Å². The predicted octanol–water partition coefficient (Wildman–Crippen LogP) is -0.700.